The molecular formula is C14H17ClF3N3O4. The van der Waals surface area contributed by atoms with Crippen molar-refractivity contribution in [3.05, 3.63) is 33.9 Å². The van der Waals surface area contributed by atoms with Gasteiger partial charge in [0.1, 0.15) is 11.3 Å². The van der Waals surface area contributed by atoms with E-state index in [1.165, 1.54) is 0 Å². The number of carbonyl (C=O) groups excluding carboxylic acids is 1. The number of rotatable bonds is 6. The van der Waals surface area contributed by atoms with Crippen molar-refractivity contribution < 1.29 is 27.6 Å². The second-order valence-corrected chi connectivity index (χ2v) is 5.34. The monoisotopic (exact) mass is 383 g/mol. The number of carbonyl (C=O) groups is 1. The molecule has 0 aliphatic carbocycles. The van der Waals surface area contributed by atoms with Crippen molar-refractivity contribution in [2.45, 2.75) is 25.1 Å². The molecule has 1 unspecified atom stereocenters. The molecule has 1 aromatic rings. The van der Waals surface area contributed by atoms with Crippen molar-refractivity contribution in [1.29, 1.82) is 0 Å². The SMILES string of the molecule is Cl.O=C(NCC1CCCN1)c1cc(OCC(F)(F)F)ccc1[N+](=O)[O-]. The van der Waals surface area contributed by atoms with E-state index in [2.05, 4.69) is 15.4 Å². The second kappa shape index (κ2) is 8.86. The average molecular weight is 384 g/mol. The van der Waals surface area contributed by atoms with Gasteiger partial charge in [0.15, 0.2) is 6.61 Å². The van der Waals surface area contributed by atoms with E-state index in [-0.39, 0.29) is 36.3 Å². The Morgan fingerprint density at radius 2 is 2.16 bits per heavy atom. The van der Waals surface area contributed by atoms with Gasteiger partial charge in [-0.1, -0.05) is 0 Å². The highest BCUT2D eigenvalue weighted by atomic mass is 35.5. The van der Waals surface area contributed by atoms with Crippen LogP contribution < -0.4 is 15.4 Å². The molecule has 0 aromatic heterocycles. The Balaban J connectivity index is 0.00000312. The summed E-state index contributed by atoms with van der Waals surface area (Å²) in [5.74, 6) is -0.991. The molecule has 1 fully saturated rings. The van der Waals surface area contributed by atoms with Crippen LogP contribution in [0.1, 0.15) is 23.2 Å². The summed E-state index contributed by atoms with van der Waals surface area (Å²) in [5.41, 5.74) is -0.830. The third-order valence-electron chi connectivity index (χ3n) is 3.48. The second-order valence-electron chi connectivity index (χ2n) is 5.34. The lowest BCUT2D eigenvalue weighted by Crippen LogP contribution is -2.37. The molecular weight excluding hydrogens is 367 g/mol. The molecule has 0 saturated carbocycles. The standard InChI is InChI=1S/C14H16F3N3O4.ClH/c15-14(16,17)8-24-10-3-4-12(20(22)23)11(6-10)13(21)19-7-9-2-1-5-18-9;/h3-4,6,9,18H,1-2,5,7-8H2,(H,19,21);1H. The molecule has 0 spiro atoms. The molecule has 1 aliphatic heterocycles. The van der Waals surface area contributed by atoms with E-state index >= 15 is 0 Å². The maximum absolute atomic E-state index is 12.2. The zero-order valence-electron chi connectivity index (χ0n) is 13.0. The van der Waals surface area contributed by atoms with Crippen LogP contribution in [0.5, 0.6) is 5.75 Å². The van der Waals surface area contributed by atoms with E-state index in [0.717, 1.165) is 37.6 Å². The van der Waals surface area contributed by atoms with E-state index in [4.69, 9.17) is 0 Å². The molecule has 1 saturated heterocycles. The number of nitrogens with one attached hydrogen (secondary N) is 2. The topological polar surface area (TPSA) is 93.5 Å². The van der Waals surface area contributed by atoms with Crippen LogP contribution in [-0.4, -0.2) is 42.7 Å². The maximum atomic E-state index is 12.2. The Morgan fingerprint density at radius 1 is 1.44 bits per heavy atom. The number of halogens is 4. The van der Waals surface area contributed by atoms with Crippen molar-refractivity contribution in [1.82, 2.24) is 10.6 Å². The predicted octanol–water partition coefficient (Wildman–Crippen LogP) is 2.44. The smallest absolute Gasteiger partial charge is 0.422 e. The van der Waals surface area contributed by atoms with E-state index in [1.54, 1.807) is 0 Å². The number of ether oxygens (including phenoxy) is 1. The Labute approximate surface area is 147 Å². The van der Waals surface area contributed by atoms with Crippen molar-refractivity contribution in [2.75, 3.05) is 19.7 Å². The van der Waals surface area contributed by atoms with Gasteiger partial charge in [0.25, 0.3) is 11.6 Å². The highest BCUT2D eigenvalue weighted by Crippen LogP contribution is 2.26. The summed E-state index contributed by atoms with van der Waals surface area (Å²) in [5, 5.41) is 16.7. The Kier molecular flexibility index (Phi) is 7.43. The molecule has 11 heteroatoms. The van der Waals surface area contributed by atoms with E-state index in [0.29, 0.717) is 0 Å². The van der Waals surface area contributed by atoms with Crippen LogP contribution in [0.2, 0.25) is 0 Å². The molecule has 7 nitrogen and oxygen atoms in total. The first-order valence-corrected chi connectivity index (χ1v) is 7.26. The normalized spacial score (nSPS) is 16.8. The van der Waals surface area contributed by atoms with Crippen LogP contribution in [0.15, 0.2) is 18.2 Å². The lowest BCUT2D eigenvalue weighted by atomic mass is 10.1. The summed E-state index contributed by atoms with van der Waals surface area (Å²) in [6.45, 7) is -0.428. The van der Waals surface area contributed by atoms with Gasteiger partial charge >= 0.3 is 6.18 Å². The Morgan fingerprint density at radius 3 is 2.72 bits per heavy atom. The third-order valence-corrected chi connectivity index (χ3v) is 3.48. The summed E-state index contributed by atoms with van der Waals surface area (Å²) in [6, 6.07) is 3.01. The van der Waals surface area contributed by atoms with Crippen LogP contribution >= 0.6 is 12.4 Å². The summed E-state index contributed by atoms with van der Waals surface area (Å²) in [7, 11) is 0. The predicted molar refractivity (Wildman–Crippen MR) is 85.3 cm³/mol. The molecule has 140 valence electrons. The van der Waals surface area contributed by atoms with Crippen molar-refractivity contribution in [3.8, 4) is 5.75 Å². The van der Waals surface area contributed by atoms with Gasteiger partial charge in [-0.15, -0.1) is 12.4 Å². The van der Waals surface area contributed by atoms with Crippen LogP contribution in [0.3, 0.4) is 0 Å². The number of hydrogen-bond donors (Lipinski definition) is 2. The average Bonchev–Trinajstić information content (AvgIpc) is 3.03. The van der Waals surface area contributed by atoms with Crippen LogP contribution in [0.4, 0.5) is 18.9 Å². The van der Waals surface area contributed by atoms with Crippen molar-refractivity contribution in [2.24, 2.45) is 0 Å². The lowest BCUT2D eigenvalue weighted by molar-refractivity contribution is -0.385. The first kappa shape index (κ1) is 21.0. The van der Waals surface area contributed by atoms with Crippen LogP contribution in [0, 0.1) is 10.1 Å². The molecule has 1 amide bonds. The zero-order valence-corrected chi connectivity index (χ0v) is 13.8. The lowest BCUT2D eigenvalue weighted by Gasteiger charge is -2.13. The third kappa shape index (κ3) is 6.39. The van der Waals surface area contributed by atoms with Gasteiger partial charge in [0, 0.05) is 18.7 Å². The highest BCUT2D eigenvalue weighted by molar-refractivity contribution is 5.98. The number of nitro groups is 1. The highest BCUT2D eigenvalue weighted by Gasteiger charge is 2.29. The number of benzene rings is 1. The molecule has 0 bridgehead atoms. The first-order chi connectivity index (χ1) is 11.3. The maximum Gasteiger partial charge on any atom is 0.422 e. The fourth-order valence-corrected chi connectivity index (χ4v) is 2.35. The van der Waals surface area contributed by atoms with E-state index in [1.807, 2.05) is 0 Å². The van der Waals surface area contributed by atoms with Gasteiger partial charge in [-0.05, 0) is 31.5 Å². The van der Waals surface area contributed by atoms with Crippen molar-refractivity contribution >= 4 is 24.0 Å². The van der Waals surface area contributed by atoms with Gasteiger partial charge in [0.05, 0.1) is 4.92 Å². The Bertz CT molecular complexity index is 622. The van der Waals surface area contributed by atoms with Crippen LogP contribution in [0.25, 0.3) is 0 Å². The molecule has 1 atom stereocenters. The number of alkyl halides is 3. The molecule has 2 N–H and O–H groups in total. The molecule has 1 aliphatic rings. The molecule has 1 heterocycles. The van der Waals surface area contributed by atoms with E-state index in [9.17, 15) is 28.1 Å². The molecule has 0 radical (unpaired) electrons. The van der Waals surface area contributed by atoms with Crippen molar-refractivity contribution in [3.63, 3.8) is 0 Å². The Hall–Kier alpha value is -2.07. The van der Waals surface area contributed by atoms with E-state index < -0.39 is 29.3 Å². The first-order valence-electron chi connectivity index (χ1n) is 7.26. The summed E-state index contributed by atoms with van der Waals surface area (Å²) >= 11 is 0. The fourth-order valence-electron chi connectivity index (χ4n) is 2.35. The minimum atomic E-state index is -4.54. The summed E-state index contributed by atoms with van der Waals surface area (Å²) in [4.78, 5) is 22.4. The fraction of sp³-hybridized carbons (Fsp3) is 0.500. The molecule has 25 heavy (non-hydrogen) atoms. The minimum absolute atomic E-state index is 0. The quantitative estimate of drug-likeness (QED) is 0.581. The zero-order chi connectivity index (χ0) is 17.7. The number of hydrogen-bond acceptors (Lipinski definition) is 5. The molecule has 2 rings (SSSR count). The number of nitro benzene ring substituents is 1. The number of nitrogens with zero attached hydrogens (tertiary/aromatic N) is 1. The number of amides is 1. The molecule has 1 aromatic carbocycles. The minimum Gasteiger partial charge on any atom is -0.484 e. The summed E-state index contributed by atoms with van der Waals surface area (Å²) < 4.78 is 41.1. The van der Waals surface area contributed by atoms with Gasteiger partial charge < -0.3 is 15.4 Å². The van der Waals surface area contributed by atoms with Gasteiger partial charge in [-0.3, -0.25) is 14.9 Å². The van der Waals surface area contributed by atoms with Gasteiger partial charge in [0.2, 0.25) is 0 Å². The van der Waals surface area contributed by atoms with Crippen LogP contribution in [-0.2, 0) is 0 Å². The van der Waals surface area contributed by atoms with Gasteiger partial charge in [-0.25, -0.2) is 0 Å². The largest absolute Gasteiger partial charge is 0.484 e. The summed E-state index contributed by atoms with van der Waals surface area (Å²) in [6.07, 6.45) is -2.70. The van der Waals surface area contributed by atoms with Gasteiger partial charge in [-0.2, -0.15) is 13.2 Å².